The molecule has 2 bridgehead atoms. The van der Waals surface area contributed by atoms with Crippen LogP contribution in [-0.4, -0.2) is 61.6 Å². The number of anilines is 1. The minimum atomic E-state index is -0.0202. The third-order valence-electron chi connectivity index (χ3n) is 8.05. The molecule has 4 heterocycles. The summed E-state index contributed by atoms with van der Waals surface area (Å²) in [7, 11) is 1.86. The lowest BCUT2D eigenvalue weighted by atomic mass is 10.1. The van der Waals surface area contributed by atoms with Crippen molar-refractivity contribution in [2.45, 2.75) is 71.6 Å². The predicted octanol–water partition coefficient (Wildman–Crippen LogP) is 4.45. The normalized spacial score (nSPS) is 20.1. The second kappa shape index (κ2) is 11.7. The number of hydrogen-bond acceptors (Lipinski definition) is 5. The summed E-state index contributed by atoms with van der Waals surface area (Å²) in [5.74, 6) is 0.465. The Balaban J connectivity index is 1.53. The van der Waals surface area contributed by atoms with E-state index in [4.69, 9.17) is 0 Å². The Labute approximate surface area is 231 Å². The van der Waals surface area contributed by atoms with E-state index in [1.807, 2.05) is 59.4 Å². The number of hydrogen-bond donors (Lipinski definition) is 0. The number of carbonyl (C=O) groups excluding carboxylic acids is 2. The largest absolute Gasteiger partial charge is 0.331 e. The van der Waals surface area contributed by atoms with Gasteiger partial charge < -0.3 is 9.80 Å². The third-order valence-corrected chi connectivity index (χ3v) is 8.05. The Morgan fingerprint density at radius 1 is 1.05 bits per heavy atom. The minimum absolute atomic E-state index is 0.0202. The van der Waals surface area contributed by atoms with Crippen LogP contribution in [0.4, 0.5) is 5.69 Å². The van der Waals surface area contributed by atoms with Gasteiger partial charge in [0.05, 0.1) is 5.69 Å². The zero-order valence-corrected chi connectivity index (χ0v) is 23.6. The van der Waals surface area contributed by atoms with Gasteiger partial charge in [0.15, 0.2) is 0 Å². The van der Waals surface area contributed by atoms with Gasteiger partial charge in [-0.05, 0) is 60.9 Å². The summed E-state index contributed by atoms with van der Waals surface area (Å²) in [5, 5.41) is 4.65. The number of carbonyl (C=O) groups is 2. The van der Waals surface area contributed by atoms with Gasteiger partial charge in [0, 0.05) is 70.3 Å². The topological polar surface area (TPSA) is 74.6 Å². The Hall–Kier alpha value is -3.52. The molecule has 2 aliphatic heterocycles. The number of nitrogens with zero attached hydrogens (tertiary/aromatic N) is 6. The molecule has 5 rings (SSSR count). The molecule has 1 saturated heterocycles. The number of benzene rings is 1. The smallest absolute Gasteiger partial charge is 0.272 e. The van der Waals surface area contributed by atoms with Crippen LogP contribution >= 0.6 is 0 Å². The number of aromatic nitrogens is 3. The summed E-state index contributed by atoms with van der Waals surface area (Å²) in [5.41, 5.74) is 4.59. The first-order chi connectivity index (χ1) is 18.8. The van der Waals surface area contributed by atoms with Gasteiger partial charge in [-0.25, -0.2) is 0 Å². The molecule has 2 aliphatic rings. The van der Waals surface area contributed by atoms with Gasteiger partial charge in [0.2, 0.25) is 5.91 Å². The van der Waals surface area contributed by atoms with Crippen LogP contribution in [0.15, 0.2) is 54.9 Å². The van der Waals surface area contributed by atoms with E-state index in [1.165, 1.54) is 5.56 Å². The molecule has 39 heavy (non-hydrogen) atoms. The monoisotopic (exact) mass is 528 g/mol. The Morgan fingerprint density at radius 3 is 2.59 bits per heavy atom. The maximum Gasteiger partial charge on any atom is 0.272 e. The minimum Gasteiger partial charge on any atom is -0.331 e. The van der Waals surface area contributed by atoms with E-state index < -0.39 is 0 Å². The molecule has 0 N–H and O–H groups in total. The molecular formula is C31H40N6O2. The van der Waals surface area contributed by atoms with Crippen LogP contribution in [-0.2, 0) is 31.4 Å². The molecule has 1 aromatic carbocycles. The van der Waals surface area contributed by atoms with Crippen molar-refractivity contribution in [3.63, 3.8) is 0 Å². The average Bonchev–Trinajstić information content (AvgIpc) is 3.45. The Kier molecular flexibility index (Phi) is 8.12. The van der Waals surface area contributed by atoms with E-state index in [9.17, 15) is 9.59 Å². The molecule has 3 aromatic rings. The molecule has 0 radical (unpaired) electrons. The maximum absolute atomic E-state index is 14.2. The predicted molar refractivity (Wildman–Crippen MR) is 152 cm³/mol. The second-order valence-electron chi connectivity index (χ2n) is 11.4. The second-order valence-corrected chi connectivity index (χ2v) is 11.4. The number of rotatable bonds is 5. The molecule has 1 fully saturated rings. The molecule has 206 valence electrons. The van der Waals surface area contributed by atoms with E-state index in [0.29, 0.717) is 37.3 Å². The first kappa shape index (κ1) is 27.1. The lowest BCUT2D eigenvalue weighted by molar-refractivity contribution is -0.116. The first-order valence-corrected chi connectivity index (χ1v) is 14.1. The molecule has 2 aromatic heterocycles. The number of pyridine rings is 1. The zero-order chi connectivity index (χ0) is 27.5. The highest BCUT2D eigenvalue weighted by atomic mass is 16.2. The highest BCUT2D eigenvalue weighted by molar-refractivity contribution is 5.94. The van der Waals surface area contributed by atoms with Gasteiger partial charge >= 0.3 is 0 Å². The number of amides is 2. The van der Waals surface area contributed by atoms with E-state index >= 15 is 0 Å². The van der Waals surface area contributed by atoms with Crippen molar-refractivity contribution < 1.29 is 9.59 Å². The summed E-state index contributed by atoms with van der Waals surface area (Å²) in [6.07, 6.45) is 7.51. The molecule has 0 spiro atoms. The van der Waals surface area contributed by atoms with Crippen molar-refractivity contribution >= 4 is 17.5 Å². The average molecular weight is 529 g/mol. The van der Waals surface area contributed by atoms with Crippen LogP contribution in [0.5, 0.6) is 0 Å². The lowest BCUT2D eigenvalue weighted by Crippen LogP contribution is -2.45. The van der Waals surface area contributed by atoms with E-state index in [-0.39, 0.29) is 17.9 Å². The van der Waals surface area contributed by atoms with Gasteiger partial charge in [-0.2, -0.15) is 5.10 Å². The fourth-order valence-electron chi connectivity index (χ4n) is 6.20. The van der Waals surface area contributed by atoms with Crippen molar-refractivity contribution in [1.82, 2.24) is 24.6 Å². The standard InChI is InChI=1S/C31H40N6O2/c1-22(2)16-26-17-30(34(4)33-26)31(39)35-20-25-9-5-6-10-29(25)36(23(3)38)15-13-27-11-12-28(21-35)37(27)19-24-8-7-14-32-18-24/h5-10,14,17-18,22,27-28H,11-13,15-16,19-21H2,1-4H3. The van der Waals surface area contributed by atoms with Crippen molar-refractivity contribution in [3.8, 4) is 0 Å². The number of aryl methyl sites for hydroxylation is 1. The van der Waals surface area contributed by atoms with Crippen molar-refractivity contribution in [3.05, 3.63) is 77.4 Å². The summed E-state index contributed by atoms with van der Waals surface area (Å²) < 4.78 is 1.73. The number of fused-ring (bicyclic) bond motifs is 3. The summed E-state index contributed by atoms with van der Waals surface area (Å²) in [6.45, 7) is 8.45. The van der Waals surface area contributed by atoms with Crippen LogP contribution in [0.3, 0.4) is 0 Å². The Bertz CT molecular complexity index is 1300. The van der Waals surface area contributed by atoms with Crippen LogP contribution in [0.1, 0.15) is 67.3 Å². The summed E-state index contributed by atoms with van der Waals surface area (Å²) >= 11 is 0. The van der Waals surface area contributed by atoms with Crippen molar-refractivity contribution in [1.29, 1.82) is 0 Å². The quantitative estimate of drug-likeness (QED) is 0.489. The number of para-hydroxylation sites is 1. The molecule has 2 atom stereocenters. The van der Waals surface area contributed by atoms with Gasteiger partial charge in [-0.1, -0.05) is 38.1 Å². The van der Waals surface area contributed by atoms with Gasteiger partial charge in [-0.15, -0.1) is 0 Å². The highest BCUT2D eigenvalue weighted by Crippen LogP contribution is 2.33. The van der Waals surface area contributed by atoms with E-state index in [2.05, 4.69) is 34.9 Å². The molecule has 0 aliphatic carbocycles. The molecular weight excluding hydrogens is 488 g/mol. The van der Waals surface area contributed by atoms with Crippen LogP contribution < -0.4 is 4.90 Å². The highest BCUT2D eigenvalue weighted by Gasteiger charge is 2.37. The lowest BCUT2D eigenvalue weighted by Gasteiger charge is -2.33. The van der Waals surface area contributed by atoms with Gasteiger partial charge in [-0.3, -0.25) is 24.2 Å². The SMILES string of the molecule is CC(=O)N1CCC2CCC(CN(C(=O)c3cc(CC(C)C)nn3C)Cc3ccccc31)N2Cc1cccnc1. The molecule has 2 amide bonds. The van der Waals surface area contributed by atoms with Crippen molar-refractivity contribution in [2.75, 3.05) is 18.0 Å². The van der Waals surface area contributed by atoms with Crippen LogP contribution in [0.25, 0.3) is 0 Å². The summed E-state index contributed by atoms with van der Waals surface area (Å²) in [6, 6.07) is 14.6. The zero-order valence-electron chi connectivity index (χ0n) is 23.6. The maximum atomic E-state index is 14.2. The fourth-order valence-corrected chi connectivity index (χ4v) is 6.20. The molecule has 0 saturated carbocycles. The van der Waals surface area contributed by atoms with Crippen LogP contribution in [0, 0.1) is 5.92 Å². The molecule has 8 nitrogen and oxygen atoms in total. The summed E-state index contributed by atoms with van der Waals surface area (Å²) in [4.78, 5) is 37.8. The van der Waals surface area contributed by atoms with Crippen LogP contribution in [0.2, 0.25) is 0 Å². The Morgan fingerprint density at radius 2 is 1.85 bits per heavy atom. The van der Waals surface area contributed by atoms with E-state index in [0.717, 1.165) is 49.2 Å². The molecule has 2 unspecified atom stereocenters. The third kappa shape index (κ3) is 6.06. The fraction of sp³-hybridized carbons (Fsp3) is 0.484. The van der Waals surface area contributed by atoms with Gasteiger partial charge in [0.1, 0.15) is 5.69 Å². The van der Waals surface area contributed by atoms with Crippen molar-refractivity contribution in [2.24, 2.45) is 13.0 Å². The molecule has 8 heteroatoms. The first-order valence-electron chi connectivity index (χ1n) is 14.1. The van der Waals surface area contributed by atoms with Gasteiger partial charge in [0.25, 0.3) is 5.91 Å². The van der Waals surface area contributed by atoms with E-state index in [1.54, 1.807) is 17.8 Å².